The van der Waals surface area contributed by atoms with Gasteiger partial charge >= 0.3 is 0 Å². The molecule has 6 aromatic heterocycles. The zero-order valence-electron chi connectivity index (χ0n) is 40.6. The highest BCUT2D eigenvalue weighted by Crippen LogP contribution is 2.44. The molecule has 0 unspecified atom stereocenters. The first-order valence-electron chi connectivity index (χ1n) is 25.4. The van der Waals surface area contributed by atoms with E-state index in [2.05, 4.69) is 182 Å². The summed E-state index contributed by atoms with van der Waals surface area (Å²) in [6, 6.07) is 84.3. The molecule has 0 saturated heterocycles. The summed E-state index contributed by atoms with van der Waals surface area (Å²) in [6.45, 7) is 0. The van der Waals surface area contributed by atoms with Crippen LogP contribution >= 0.6 is 0 Å². The molecule has 0 atom stereocenters. The summed E-state index contributed by atoms with van der Waals surface area (Å²) in [6.07, 6.45) is 0. The van der Waals surface area contributed by atoms with Crippen molar-refractivity contribution in [3.8, 4) is 57.7 Å². The van der Waals surface area contributed by atoms with Crippen LogP contribution in [0, 0.1) is 0 Å². The largest absolute Gasteiger partial charge is 0.307 e. The highest BCUT2D eigenvalue weighted by Gasteiger charge is 2.27. The number of hydrogen-bond acceptors (Lipinski definition) is 6. The Labute approximate surface area is 433 Å². The van der Waals surface area contributed by atoms with Crippen LogP contribution in [0.15, 0.2) is 243 Å². The predicted octanol–water partition coefficient (Wildman–Crippen LogP) is 15.4. The second kappa shape index (κ2) is 16.5. The third-order valence-corrected chi connectivity index (χ3v) is 14.9. The van der Waals surface area contributed by atoms with Crippen LogP contribution in [0.2, 0.25) is 0 Å². The highest BCUT2D eigenvalue weighted by atomic mass is 15.3. The van der Waals surface area contributed by atoms with E-state index in [9.17, 15) is 0 Å². The van der Waals surface area contributed by atoms with Gasteiger partial charge in [-0.3, -0.25) is 13.7 Å². The molecule has 76 heavy (non-hydrogen) atoms. The van der Waals surface area contributed by atoms with Gasteiger partial charge in [0, 0.05) is 65.5 Å². The van der Waals surface area contributed by atoms with Gasteiger partial charge in [-0.25, -0.2) is 4.98 Å². The lowest BCUT2D eigenvalue weighted by Gasteiger charge is -2.14. The zero-order valence-corrected chi connectivity index (χ0v) is 40.6. The first kappa shape index (κ1) is 42.0. The third-order valence-electron chi connectivity index (χ3n) is 14.9. The first-order chi connectivity index (χ1) is 37.7. The van der Waals surface area contributed by atoms with Crippen LogP contribution in [0.1, 0.15) is 0 Å². The Morgan fingerprint density at radius 3 is 1.05 bits per heavy atom. The summed E-state index contributed by atoms with van der Waals surface area (Å²) in [5.74, 6) is 3.22. The molecule has 16 rings (SSSR count). The minimum Gasteiger partial charge on any atom is -0.307 e. The van der Waals surface area contributed by atoms with Gasteiger partial charge in [0.05, 0.1) is 44.1 Å². The number of hydrogen-bond donors (Lipinski definition) is 0. The molecule has 0 radical (unpaired) electrons. The maximum absolute atomic E-state index is 5.70. The summed E-state index contributed by atoms with van der Waals surface area (Å²) in [5, 5.41) is 8.69. The van der Waals surface area contributed by atoms with Crippen molar-refractivity contribution >= 4 is 87.2 Å². The van der Waals surface area contributed by atoms with Gasteiger partial charge in [0.1, 0.15) is 0 Å². The lowest BCUT2D eigenvalue weighted by atomic mass is 10.1. The minimum absolute atomic E-state index is 0.485. The average molecular weight is 973 g/mol. The van der Waals surface area contributed by atoms with Gasteiger partial charge in [0.15, 0.2) is 17.5 Å². The quantitative estimate of drug-likeness (QED) is 0.158. The second-order valence-electron chi connectivity index (χ2n) is 19.1. The highest BCUT2D eigenvalue weighted by molar-refractivity contribution is 6.26. The van der Waals surface area contributed by atoms with E-state index in [0.29, 0.717) is 35.3 Å². The van der Waals surface area contributed by atoms with E-state index in [1.807, 2.05) is 78.9 Å². The number of aromatic nitrogens is 10. The summed E-state index contributed by atoms with van der Waals surface area (Å²) < 4.78 is 9.06. The monoisotopic (exact) mass is 972 g/mol. The van der Waals surface area contributed by atoms with Gasteiger partial charge in [-0.15, -0.1) is 0 Å². The van der Waals surface area contributed by atoms with E-state index < -0.39 is 0 Å². The van der Waals surface area contributed by atoms with Crippen LogP contribution in [-0.4, -0.2) is 48.2 Å². The Bertz CT molecular complexity index is 4920. The predicted molar refractivity (Wildman–Crippen MR) is 307 cm³/mol. The van der Waals surface area contributed by atoms with E-state index in [1.165, 1.54) is 5.39 Å². The summed E-state index contributed by atoms with van der Waals surface area (Å²) in [4.78, 5) is 32.3. The molecule has 10 heteroatoms. The molecule has 6 heterocycles. The number of benzene rings is 10. The fourth-order valence-electron chi connectivity index (χ4n) is 11.7. The maximum Gasteiger partial charge on any atom is 0.240 e. The molecule has 0 aliphatic heterocycles. The van der Waals surface area contributed by atoms with Gasteiger partial charge < -0.3 is 4.57 Å². The normalized spacial score (nSPS) is 11.9. The molecule has 10 aromatic carbocycles. The molecule has 0 fully saturated rings. The van der Waals surface area contributed by atoms with Crippen LogP contribution in [0.3, 0.4) is 0 Å². The van der Waals surface area contributed by atoms with Gasteiger partial charge in [0.2, 0.25) is 17.8 Å². The Morgan fingerprint density at radius 2 is 0.553 bits per heavy atom. The molecule has 0 saturated carbocycles. The Hall–Kier alpha value is -10.6. The Kier molecular flexibility index (Phi) is 9.10. The fourth-order valence-corrected chi connectivity index (χ4v) is 11.7. The molecular weight excluding hydrogens is 933 g/mol. The van der Waals surface area contributed by atoms with Crippen molar-refractivity contribution < 1.29 is 0 Å². The van der Waals surface area contributed by atoms with Crippen LogP contribution < -0.4 is 0 Å². The molecule has 10 nitrogen and oxygen atoms in total. The van der Waals surface area contributed by atoms with Crippen molar-refractivity contribution in [1.29, 1.82) is 0 Å². The molecule has 0 aliphatic carbocycles. The molecule has 0 N–H and O–H groups in total. The van der Waals surface area contributed by atoms with Crippen molar-refractivity contribution in [2.24, 2.45) is 0 Å². The van der Waals surface area contributed by atoms with Crippen molar-refractivity contribution in [2.75, 3.05) is 0 Å². The van der Waals surface area contributed by atoms with Crippen molar-refractivity contribution in [3.63, 3.8) is 0 Å². The third kappa shape index (κ3) is 6.21. The van der Waals surface area contributed by atoms with Gasteiger partial charge in [-0.2, -0.15) is 24.9 Å². The van der Waals surface area contributed by atoms with E-state index in [4.69, 9.17) is 29.9 Å². The number of para-hydroxylation sites is 5. The van der Waals surface area contributed by atoms with E-state index in [0.717, 1.165) is 104 Å². The second-order valence-corrected chi connectivity index (χ2v) is 19.1. The van der Waals surface area contributed by atoms with Crippen molar-refractivity contribution in [2.45, 2.75) is 0 Å². The number of rotatable bonds is 7. The van der Waals surface area contributed by atoms with Crippen LogP contribution in [0.4, 0.5) is 0 Å². The molecule has 354 valence electrons. The first-order valence-corrected chi connectivity index (χ1v) is 25.4. The number of nitrogens with zero attached hydrogens (tertiary/aromatic N) is 10. The smallest absolute Gasteiger partial charge is 0.240 e. The van der Waals surface area contributed by atoms with Crippen LogP contribution in [-0.2, 0) is 0 Å². The van der Waals surface area contributed by atoms with Crippen LogP contribution in [0.5, 0.6) is 0 Å². The molecular formula is C66H40N10. The SMILES string of the molecule is c1ccc(-c2nc(-c3ccccc3)nc(-n3c4ccccc4c4c3ccc3c5ccccc5n(-c5nc(-c6ccccc6)nc(-n6c7ccccc7c7ccc8c9ccccc9n(-c9ccccc9)c8c76)n5)c34)n2)cc1. The molecule has 0 aliphatic rings. The molecule has 0 spiro atoms. The van der Waals surface area contributed by atoms with Gasteiger partial charge in [-0.1, -0.05) is 200 Å². The van der Waals surface area contributed by atoms with E-state index in [-0.39, 0.29) is 0 Å². The average Bonchev–Trinajstić information content (AvgIpc) is 4.29. The topological polar surface area (TPSA) is 97.1 Å². The zero-order chi connectivity index (χ0) is 49.8. The van der Waals surface area contributed by atoms with E-state index >= 15 is 0 Å². The molecule has 0 bridgehead atoms. The molecule has 16 aromatic rings. The maximum atomic E-state index is 5.70. The summed E-state index contributed by atoms with van der Waals surface area (Å²) in [7, 11) is 0. The summed E-state index contributed by atoms with van der Waals surface area (Å²) >= 11 is 0. The number of fused-ring (bicyclic) bond motifs is 14. The lowest BCUT2D eigenvalue weighted by molar-refractivity contribution is 0.894. The van der Waals surface area contributed by atoms with E-state index in [1.54, 1.807) is 0 Å². The molecule has 0 amide bonds. The lowest BCUT2D eigenvalue weighted by Crippen LogP contribution is -2.10. The fraction of sp³-hybridized carbons (Fsp3) is 0. The van der Waals surface area contributed by atoms with Crippen LogP contribution in [0.25, 0.3) is 145 Å². The Morgan fingerprint density at radius 1 is 0.211 bits per heavy atom. The van der Waals surface area contributed by atoms with Gasteiger partial charge in [0.25, 0.3) is 0 Å². The van der Waals surface area contributed by atoms with Crippen molar-refractivity contribution in [1.82, 2.24) is 48.2 Å². The van der Waals surface area contributed by atoms with Crippen molar-refractivity contribution in [3.05, 3.63) is 243 Å². The standard InChI is InChI=1S/C66H40N10/c1-5-21-41(22-6-1)61-67-62(42-23-7-2-8-24-42)69-64(68-61)74-55-36-20-16-32-51(55)57-56(74)40-39-48-45-29-14-18-34-53(45)75(58(48)57)65-70-63(43-25-9-3-10-26-43)71-66(72-65)76-54-35-19-15-31-47(54)50-38-37-49-46-30-13-17-33-52(46)73(59(49)60(50)76)44-27-11-4-12-28-44/h1-40H. The summed E-state index contributed by atoms with van der Waals surface area (Å²) in [5.41, 5.74) is 11.7. The van der Waals surface area contributed by atoms with Gasteiger partial charge in [-0.05, 0) is 42.5 Å². The Balaban J connectivity index is 1.03. The minimum atomic E-state index is 0.485.